The van der Waals surface area contributed by atoms with Gasteiger partial charge >= 0.3 is 0 Å². The monoisotopic (exact) mass is 342 g/mol. The second-order valence-corrected chi connectivity index (χ2v) is 7.40. The van der Waals surface area contributed by atoms with E-state index in [0.29, 0.717) is 5.56 Å². The molecule has 0 radical (unpaired) electrons. The third kappa shape index (κ3) is 4.29. The molecular formula is C23H28F2. The van der Waals surface area contributed by atoms with Crippen molar-refractivity contribution < 1.29 is 8.78 Å². The number of hydrogen-bond donors (Lipinski definition) is 0. The van der Waals surface area contributed by atoms with Crippen molar-refractivity contribution in [1.82, 2.24) is 0 Å². The second-order valence-electron chi connectivity index (χ2n) is 7.40. The van der Waals surface area contributed by atoms with Crippen molar-refractivity contribution in [1.29, 1.82) is 0 Å². The molecule has 2 aromatic rings. The molecule has 0 bridgehead atoms. The molecule has 1 saturated carbocycles. The fraction of sp³-hybridized carbons (Fsp3) is 0.478. The van der Waals surface area contributed by atoms with E-state index in [-0.39, 0.29) is 5.92 Å². The summed E-state index contributed by atoms with van der Waals surface area (Å²) in [5.74, 6) is -0.469. The van der Waals surface area contributed by atoms with E-state index in [1.54, 1.807) is 6.07 Å². The molecular weight excluding hydrogens is 314 g/mol. The third-order valence-corrected chi connectivity index (χ3v) is 5.69. The Morgan fingerprint density at radius 1 is 0.880 bits per heavy atom. The van der Waals surface area contributed by atoms with Gasteiger partial charge in [0, 0.05) is 5.56 Å². The zero-order valence-corrected chi connectivity index (χ0v) is 15.1. The molecule has 1 aliphatic carbocycles. The van der Waals surface area contributed by atoms with E-state index in [2.05, 4.69) is 6.92 Å². The molecule has 25 heavy (non-hydrogen) atoms. The Labute approximate surface area is 150 Å². The molecule has 0 N–H and O–H groups in total. The topological polar surface area (TPSA) is 0 Å². The van der Waals surface area contributed by atoms with Crippen molar-refractivity contribution >= 4 is 0 Å². The number of hydrogen-bond acceptors (Lipinski definition) is 0. The highest BCUT2D eigenvalue weighted by Gasteiger charge is 2.27. The van der Waals surface area contributed by atoms with Crippen LogP contribution in [0.15, 0.2) is 42.5 Å². The van der Waals surface area contributed by atoms with Crippen LogP contribution in [0.25, 0.3) is 11.1 Å². The Morgan fingerprint density at radius 2 is 1.60 bits per heavy atom. The summed E-state index contributed by atoms with van der Waals surface area (Å²) in [4.78, 5) is 0. The van der Waals surface area contributed by atoms with Crippen LogP contribution < -0.4 is 0 Å². The van der Waals surface area contributed by atoms with Crippen molar-refractivity contribution in [3.05, 3.63) is 59.7 Å². The zero-order valence-electron chi connectivity index (χ0n) is 15.1. The van der Waals surface area contributed by atoms with Gasteiger partial charge < -0.3 is 0 Å². The van der Waals surface area contributed by atoms with Crippen molar-refractivity contribution in [3.63, 3.8) is 0 Å². The van der Waals surface area contributed by atoms with Gasteiger partial charge in [-0.1, -0.05) is 69.0 Å². The molecule has 2 aromatic carbocycles. The van der Waals surface area contributed by atoms with Crippen molar-refractivity contribution in [2.24, 2.45) is 5.92 Å². The summed E-state index contributed by atoms with van der Waals surface area (Å²) in [6, 6.07) is 12.8. The van der Waals surface area contributed by atoms with Gasteiger partial charge in [-0.2, -0.15) is 0 Å². The Balaban J connectivity index is 1.79. The van der Waals surface area contributed by atoms with Crippen LogP contribution in [-0.4, -0.2) is 0 Å². The number of rotatable bonds is 6. The minimum absolute atomic E-state index is 0.133. The standard InChI is InChI=1S/C23H28F2/c1-2-3-5-8-17-11-13-19(14-12-17)22-20(15-16-21(24)23(22)25)18-9-6-4-7-10-18/h4,6-7,9-10,15-17,19H,2-3,5,8,11-14H2,1H3/t17-,19-. The summed E-state index contributed by atoms with van der Waals surface area (Å²) in [5.41, 5.74) is 2.42. The average Bonchev–Trinajstić information content (AvgIpc) is 2.65. The lowest BCUT2D eigenvalue weighted by molar-refractivity contribution is 0.298. The van der Waals surface area contributed by atoms with Crippen LogP contribution in [0.1, 0.15) is 69.8 Å². The van der Waals surface area contributed by atoms with Crippen LogP contribution in [0.3, 0.4) is 0 Å². The summed E-state index contributed by atoms with van der Waals surface area (Å²) < 4.78 is 28.6. The first-order valence-corrected chi connectivity index (χ1v) is 9.74. The average molecular weight is 342 g/mol. The van der Waals surface area contributed by atoms with Crippen LogP contribution in [0.4, 0.5) is 8.78 Å². The fourth-order valence-corrected chi connectivity index (χ4v) is 4.26. The fourth-order valence-electron chi connectivity index (χ4n) is 4.26. The lowest BCUT2D eigenvalue weighted by atomic mass is 9.75. The smallest absolute Gasteiger partial charge is 0.162 e. The SMILES string of the molecule is CCCCC[C@H]1CC[C@H](c2c(-c3ccccc3)ccc(F)c2F)CC1. The van der Waals surface area contributed by atoms with Crippen LogP contribution in [0, 0.1) is 17.6 Å². The van der Waals surface area contributed by atoms with Crippen LogP contribution in [0.2, 0.25) is 0 Å². The number of benzene rings is 2. The summed E-state index contributed by atoms with van der Waals surface area (Å²) in [6.45, 7) is 2.23. The molecule has 3 rings (SSSR count). The first-order valence-electron chi connectivity index (χ1n) is 9.74. The van der Waals surface area contributed by atoms with Gasteiger partial charge in [0.25, 0.3) is 0 Å². The molecule has 2 heteroatoms. The predicted octanol–water partition coefficient (Wildman–Crippen LogP) is 7.49. The second kappa shape index (κ2) is 8.60. The van der Waals surface area contributed by atoms with Gasteiger partial charge in [-0.05, 0) is 54.7 Å². The van der Waals surface area contributed by atoms with E-state index in [1.165, 1.54) is 31.7 Å². The predicted molar refractivity (Wildman–Crippen MR) is 101 cm³/mol. The summed E-state index contributed by atoms with van der Waals surface area (Å²) in [6.07, 6.45) is 9.36. The normalized spacial score (nSPS) is 20.6. The maximum Gasteiger partial charge on any atom is 0.162 e. The molecule has 0 unspecified atom stereocenters. The van der Waals surface area contributed by atoms with E-state index in [4.69, 9.17) is 0 Å². The summed E-state index contributed by atoms with van der Waals surface area (Å²) in [7, 11) is 0. The first-order chi connectivity index (χ1) is 12.2. The molecule has 1 fully saturated rings. The molecule has 134 valence electrons. The van der Waals surface area contributed by atoms with Gasteiger partial charge in [0.05, 0.1) is 0 Å². The molecule has 0 aromatic heterocycles. The molecule has 1 aliphatic rings. The molecule has 0 atom stereocenters. The Bertz CT molecular complexity index is 670. The molecule has 0 nitrogen and oxygen atoms in total. The minimum Gasteiger partial charge on any atom is -0.204 e. The highest BCUT2D eigenvalue weighted by molar-refractivity contribution is 5.68. The lowest BCUT2D eigenvalue weighted by Crippen LogP contribution is -2.15. The third-order valence-electron chi connectivity index (χ3n) is 5.69. The maximum atomic E-state index is 14.7. The molecule has 0 saturated heterocycles. The van der Waals surface area contributed by atoms with Crippen LogP contribution in [-0.2, 0) is 0 Å². The Morgan fingerprint density at radius 3 is 2.28 bits per heavy atom. The molecule has 0 spiro atoms. The minimum atomic E-state index is -0.722. The molecule has 0 heterocycles. The van der Waals surface area contributed by atoms with Crippen molar-refractivity contribution in [3.8, 4) is 11.1 Å². The van der Waals surface area contributed by atoms with E-state index in [9.17, 15) is 8.78 Å². The van der Waals surface area contributed by atoms with Crippen molar-refractivity contribution in [2.75, 3.05) is 0 Å². The van der Waals surface area contributed by atoms with Gasteiger partial charge in [-0.25, -0.2) is 8.78 Å². The summed E-state index contributed by atoms with van der Waals surface area (Å²) >= 11 is 0. The maximum absolute atomic E-state index is 14.7. The summed E-state index contributed by atoms with van der Waals surface area (Å²) in [5, 5.41) is 0. The van der Waals surface area contributed by atoms with E-state index in [0.717, 1.165) is 42.7 Å². The van der Waals surface area contributed by atoms with Crippen LogP contribution in [0.5, 0.6) is 0 Å². The number of halogens is 2. The largest absolute Gasteiger partial charge is 0.204 e. The van der Waals surface area contributed by atoms with E-state index < -0.39 is 11.6 Å². The van der Waals surface area contributed by atoms with Gasteiger partial charge in [0.2, 0.25) is 0 Å². The van der Waals surface area contributed by atoms with E-state index in [1.807, 2.05) is 30.3 Å². The van der Waals surface area contributed by atoms with Gasteiger partial charge in [0.15, 0.2) is 11.6 Å². The van der Waals surface area contributed by atoms with Gasteiger partial charge in [-0.3, -0.25) is 0 Å². The Hall–Kier alpha value is -1.70. The lowest BCUT2D eigenvalue weighted by Gasteiger charge is -2.30. The highest BCUT2D eigenvalue weighted by Crippen LogP contribution is 2.42. The highest BCUT2D eigenvalue weighted by atomic mass is 19.2. The van der Waals surface area contributed by atoms with Crippen molar-refractivity contribution in [2.45, 2.75) is 64.2 Å². The Kier molecular flexibility index (Phi) is 6.23. The van der Waals surface area contributed by atoms with Gasteiger partial charge in [0.1, 0.15) is 0 Å². The van der Waals surface area contributed by atoms with E-state index >= 15 is 0 Å². The quantitative estimate of drug-likeness (QED) is 0.477. The molecule has 0 amide bonds. The first kappa shape index (κ1) is 18.1. The molecule has 0 aliphatic heterocycles. The zero-order chi connectivity index (χ0) is 17.6. The van der Waals surface area contributed by atoms with Crippen LogP contribution >= 0.6 is 0 Å². The number of unbranched alkanes of at least 4 members (excludes halogenated alkanes) is 2. The van der Waals surface area contributed by atoms with Gasteiger partial charge in [-0.15, -0.1) is 0 Å².